The largest absolute Gasteiger partial charge is 0.493 e. The Morgan fingerprint density at radius 3 is 2.42 bits per heavy atom. The van der Waals surface area contributed by atoms with E-state index < -0.39 is 12.1 Å². The quantitative estimate of drug-likeness (QED) is 0.582. The molecule has 0 spiro atoms. The van der Waals surface area contributed by atoms with Crippen molar-refractivity contribution in [2.24, 2.45) is 0 Å². The van der Waals surface area contributed by atoms with Crippen molar-refractivity contribution in [2.45, 2.75) is 33.3 Å². The molecule has 1 aromatic rings. The van der Waals surface area contributed by atoms with Gasteiger partial charge in [-0.3, -0.25) is 0 Å². The van der Waals surface area contributed by atoms with Crippen LogP contribution in [0.5, 0.6) is 11.5 Å². The lowest BCUT2D eigenvalue weighted by Gasteiger charge is -2.10. The highest BCUT2D eigenvalue weighted by Gasteiger charge is 2.11. The van der Waals surface area contributed by atoms with Crippen molar-refractivity contribution in [3.63, 3.8) is 0 Å². The molecule has 1 aromatic carbocycles. The van der Waals surface area contributed by atoms with Gasteiger partial charge in [0.05, 0.1) is 25.9 Å². The molecule has 0 amide bonds. The fourth-order valence-electron chi connectivity index (χ4n) is 2.16. The van der Waals surface area contributed by atoms with E-state index in [1.54, 1.807) is 30.4 Å². The van der Waals surface area contributed by atoms with E-state index in [9.17, 15) is 9.90 Å². The number of benzene rings is 1. The molecule has 0 heterocycles. The van der Waals surface area contributed by atoms with Crippen molar-refractivity contribution in [3.8, 4) is 11.5 Å². The standard InChI is InChI=1S/C19H26O5/c1-13(2)10-16(20)11-14(3)8-9-24-19(21)15-6-7-17(22-4)18(12-15)23-5/h6-8,10,12,16,20H,9,11H2,1-5H3/b14-8+/t16-/m0/s1. The lowest BCUT2D eigenvalue weighted by molar-refractivity contribution is 0.0548. The van der Waals surface area contributed by atoms with E-state index in [0.29, 0.717) is 23.5 Å². The van der Waals surface area contributed by atoms with Gasteiger partial charge in [-0.05, 0) is 51.5 Å². The van der Waals surface area contributed by atoms with Gasteiger partial charge in [-0.25, -0.2) is 4.79 Å². The van der Waals surface area contributed by atoms with Gasteiger partial charge in [-0.2, -0.15) is 0 Å². The Kier molecular flexibility index (Phi) is 8.06. The second kappa shape index (κ2) is 9.78. The van der Waals surface area contributed by atoms with E-state index in [0.717, 1.165) is 11.1 Å². The van der Waals surface area contributed by atoms with Crippen LogP contribution in [0.2, 0.25) is 0 Å². The van der Waals surface area contributed by atoms with Gasteiger partial charge in [-0.1, -0.05) is 17.2 Å². The second-order valence-electron chi connectivity index (χ2n) is 5.73. The third-order valence-corrected chi connectivity index (χ3v) is 3.32. The number of ether oxygens (including phenoxy) is 3. The highest BCUT2D eigenvalue weighted by atomic mass is 16.5. The topological polar surface area (TPSA) is 65.0 Å². The first kappa shape index (κ1) is 19.8. The summed E-state index contributed by atoms with van der Waals surface area (Å²) in [6.45, 7) is 5.92. The zero-order valence-corrected chi connectivity index (χ0v) is 15.0. The average molecular weight is 334 g/mol. The van der Waals surface area contributed by atoms with Gasteiger partial charge in [0.2, 0.25) is 0 Å². The minimum absolute atomic E-state index is 0.153. The van der Waals surface area contributed by atoms with Crippen LogP contribution in [0.3, 0.4) is 0 Å². The maximum atomic E-state index is 12.1. The van der Waals surface area contributed by atoms with Crippen molar-refractivity contribution >= 4 is 5.97 Å². The molecule has 0 aromatic heterocycles. The Bertz CT molecular complexity index is 612. The Morgan fingerprint density at radius 2 is 1.83 bits per heavy atom. The van der Waals surface area contributed by atoms with Gasteiger partial charge >= 0.3 is 5.97 Å². The fourth-order valence-corrected chi connectivity index (χ4v) is 2.16. The van der Waals surface area contributed by atoms with Gasteiger partial charge in [0.1, 0.15) is 6.61 Å². The number of carbonyl (C=O) groups is 1. The highest BCUT2D eigenvalue weighted by molar-refractivity contribution is 5.90. The van der Waals surface area contributed by atoms with E-state index in [1.807, 2.05) is 20.8 Å². The van der Waals surface area contributed by atoms with Crippen molar-refractivity contribution in [1.82, 2.24) is 0 Å². The van der Waals surface area contributed by atoms with Gasteiger partial charge in [0, 0.05) is 0 Å². The minimum Gasteiger partial charge on any atom is -0.493 e. The van der Waals surface area contributed by atoms with Crippen LogP contribution in [0, 0.1) is 0 Å². The molecule has 5 heteroatoms. The summed E-state index contributed by atoms with van der Waals surface area (Å²) in [4.78, 5) is 12.1. The summed E-state index contributed by atoms with van der Waals surface area (Å²) in [5, 5.41) is 9.83. The minimum atomic E-state index is -0.521. The summed E-state index contributed by atoms with van der Waals surface area (Å²) >= 11 is 0. The van der Waals surface area contributed by atoms with Gasteiger partial charge in [0.25, 0.3) is 0 Å². The zero-order chi connectivity index (χ0) is 18.1. The summed E-state index contributed by atoms with van der Waals surface area (Å²) in [7, 11) is 3.05. The fraction of sp³-hybridized carbons (Fsp3) is 0.421. The number of aliphatic hydroxyl groups is 1. The van der Waals surface area contributed by atoms with Gasteiger partial charge < -0.3 is 19.3 Å². The van der Waals surface area contributed by atoms with E-state index in [1.165, 1.54) is 14.2 Å². The summed E-state index contributed by atoms with van der Waals surface area (Å²) < 4.78 is 15.5. The molecule has 24 heavy (non-hydrogen) atoms. The molecule has 0 aliphatic rings. The number of hydrogen-bond acceptors (Lipinski definition) is 5. The van der Waals surface area contributed by atoms with Crippen LogP contribution in [-0.4, -0.2) is 38.0 Å². The number of methoxy groups -OCH3 is 2. The maximum absolute atomic E-state index is 12.1. The van der Waals surface area contributed by atoms with E-state index >= 15 is 0 Å². The van der Waals surface area contributed by atoms with E-state index in [4.69, 9.17) is 14.2 Å². The number of carbonyl (C=O) groups excluding carboxylic acids is 1. The molecule has 132 valence electrons. The van der Waals surface area contributed by atoms with Crippen LogP contribution in [0.1, 0.15) is 37.6 Å². The predicted molar refractivity (Wildman–Crippen MR) is 93.6 cm³/mol. The van der Waals surface area contributed by atoms with E-state index in [2.05, 4.69) is 0 Å². The molecular weight excluding hydrogens is 308 g/mol. The predicted octanol–water partition coefficient (Wildman–Crippen LogP) is 3.52. The van der Waals surface area contributed by atoms with Crippen molar-refractivity contribution in [1.29, 1.82) is 0 Å². The molecule has 1 atom stereocenters. The molecule has 0 aliphatic heterocycles. The molecule has 1 rings (SSSR count). The van der Waals surface area contributed by atoms with Crippen molar-refractivity contribution in [2.75, 3.05) is 20.8 Å². The Hall–Kier alpha value is -2.27. The van der Waals surface area contributed by atoms with Crippen LogP contribution in [0.15, 0.2) is 41.5 Å². The molecule has 5 nitrogen and oxygen atoms in total. The maximum Gasteiger partial charge on any atom is 0.338 e. The third-order valence-electron chi connectivity index (χ3n) is 3.32. The lowest BCUT2D eigenvalue weighted by Crippen LogP contribution is -2.07. The Balaban J connectivity index is 2.60. The average Bonchev–Trinajstić information content (AvgIpc) is 2.52. The van der Waals surface area contributed by atoms with Crippen LogP contribution < -0.4 is 9.47 Å². The molecule has 0 saturated carbocycles. The molecule has 0 fully saturated rings. The Labute approximate surface area is 143 Å². The van der Waals surface area contributed by atoms with Gasteiger partial charge in [-0.15, -0.1) is 0 Å². The van der Waals surface area contributed by atoms with Crippen molar-refractivity contribution in [3.05, 3.63) is 47.1 Å². The molecular formula is C19H26O5. The van der Waals surface area contributed by atoms with Crippen LogP contribution in [-0.2, 0) is 4.74 Å². The smallest absolute Gasteiger partial charge is 0.338 e. The number of esters is 1. The lowest BCUT2D eigenvalue weighted by atomic mass is 10.1. The first-order valence-electron chi connectivity index (χ1n) is 7.75. The van der Waals surface area contributed by atoms with Crippen LogP contribution in [0.25, 0.3) is 0 Å². The summed E-state index contributed by atoms with van der Waals surface area (Å²) in [5.74, 6) is 0.589. The monoisotopic (exact) mass is 334 g/mol. The molecule has 0 bridgehead atoms. The van der Waals surface area contributed by atoms with Crippen LogP contribution >= 0.6 is 0 Å². The third kappa shape index (κ3) is 6.46. The molecule has 0 saturated heterocycles. The van der Waals surface area contributed by atoms with E-state index in [-0.39, 0.29) is 6.61 Å². The highest BCUT2D eigenvalue weighted by Crippen LogP contribution is 2.27. The van der Waals surface area contributed by atoms with Gasteiger partial charge in [0.15, 0.2) is 11.5 Å². The molecule has 0 radical (unpaired) electrons. The second-order valence-corrected chi connectivity index (χ2v) is 5.73. The molecule has 0 aliphatic carbocycles. The first-order chi connectivity index (χ1) is 11.4. The number of allylic oxidation sites excluding steroid dienone is 1. The van der Waals surface area contributed by atoms with Crippen LogP contribution in [0.4, 0.5) is 0 Å². The number of aliphatic hydroxyl groups excluding tert-OH is 1. The summed E-state index contributed by atoms with van der Waals surface area (Å²) in [6.07, 6.45) is 3.58. The van der Waals surface area contributed by atoms with Crippen molar-refractivity contribution < 1.29 is 24.1 Å². The SMILES string of the molecule is COc1ccc(C(=O)OC/C=C(\C)C[C@@H](O)C=C(C)C)cc1OC. The Morgan fingerprint density at radius 1 is 1.17 bits per heavy atom. The normalized spacial score (nSPS) is 12.3. The summed E-state index contributed by atoms with van der Waals surface area (Å²) in [6, 6.07) is 4.86. The zero-order valence-electron chi connectivity index (χ0n) is 15.0. The number of rotatable bonds is 8. The summed E-state index contributed by atoms with van der Waals surface area (Å²) in [5.41, 5.74) is 2.42. The number of hydrogen-bond donors (Lipinski definition) is 1. The molecule has 1 N–H and O–H groups in total. The molecule has 0 unspecified atom stereocenters. The first-order valence-corrected chi connectivity index (χ1v) is 7.75.